The molecule has 5 heteroatoms. The van der Waals surface area contributed by atoms with Gasteiger partial charge in [0.15, 0.2) is 0 Å². The summed E-state index contributed by atoms with van der Waals surface area (Å²) in [5, 5.41) is 14.4. The van der Waals surface area contributed by atoms with E-state index >= 15 is 0 Å². The third-order valence-electron chi connectivity index (χ3n) is 3.02. The van der Waals surface area contributed by atoms with Crippen LogP contribution in [0.3, 0.4) is 0 Å². The number of benzene rings is 1. The number of carbonyl (C=O) groups excluding carboxylic acids is 1. The summed E-state index contributed by atoms with van der Waals surface area (Å²) in [6, 6.07) is 5.45. The van der Waals surface area contributed by atoms with E-state index in [0.29, 0.717) is 24.5 Å². The quantitative estimate of drug-likeness (QED) is 0.690. The first-order chi connectivity index (χ1) is 10.1. The summed E-state index contributed by atoms with van der Waals surface area (Å²) < 4.78 is 5.66. The van der Waals surface area contributed by atoms with Crippen molar-refractivity contribution in [3.8, 4) is 5.75 Å². The highest BCUT2D eigenvalue weighted by Crippen LogP contribution is 2.25. The van der Waals surface area contributed by atoms with Gasteiger partial charge in [-0.15, -0.1) is 0 Å². The van der Waals surface area contributed by atoms with Crippen LogP contribution >= 0.6 is 0 Å². The number of aliphatic hydroxyl groups excluding tert-OH is 1. The molecule has 0 aliphatic rings. The molecule has 3 N–H and O–H groups in total. The van der Waals surface area contributed by atoms with Crippen LogP contribution < -0.4 is 15.4 Å². The molecule has 0 saturated heterocycles. The minimum Gasteiger partial charge on any atom is -0.491 e. The van der Waals surface area contributed by atoms with Crippen molar-refractivity contribution in [1.29, 1.82) is 0 Å². The van der Waals surface area contributed by atoms with Crippen LogP contribution in [0.25, 0.3) is 0 Å². The molecule has 5 nitrogen and oxygen atoms in total. The van der Waals surface area contributed by atoms with E-state index in [-0.39, 0.29) is 18.7 Å². The number of aryl methyl sites for hydroxylation is 1. The Morgan fingerprint density at radius 2 is 2.19 bits per heavy atom. The topological polar surface area (TPSA) is 70.6 Å². The van der Waals surface area contributed by atoms with E-state index in [1.165, 1.54) is 0 Å². The Bertz CT molecular complexity index is 449. The van der Waals surface area contributed by atoms with Gasteiger partial charge in [-0.25, -0.2) is 4.79 Å². The Labute approximate surface area is 126 Å². The molecule has 0 radical (unpaired) electrons. The van der Waals surface area contributed by atoms with Gasteiger partial charge in [-0.1, -0.05) is 13.0 Å². The molecule has 1 atom stereocenters. The molecule has 0 heterocycles. The van der Waals surface area contributed by atoms with Gasteiger partial charge in [-0.05, 0) is 50.8 Å². The van der Waals surface area contributed by atoms with Crippen molar-refractivity contribution in [2.75, 3.05) is 18.5 Å². The fourth-order valence-electron chi connectivity index (χ4n) is 1.92. The first kappa shape index (κ1) is 17.3. The molecule has 0 aromatic heterocycles. The van der Waals surface area contributed by atoms with E-state index in [0.717, 1.165) is 18.4 Å². The number of urea groups is 1. The second-order valence-electron chi connectivity index (χ2n) is 5.21. The van der Waals surface area contributed by atoms with Crippen LogP contribution in [-0.2, 0) is 0 Å². The molecular formula is C16H26N2O3. The molecule has 0 aliphatic heterocycles. The molecule has 21 heavy (non-hydrogen) atoms. The number of amides is 2. The number of hydrogen-bond donors (Lipinski definition) is 3. The normalized spacial score (nSPS) is 11.8. The largest absolute Gasteiger partial charge is 0.491 e. The van der Waals surface area contributed by atoms with E-state index in [1.807, 2.05) is 39.0 Å². The number of anilines is 1. The Kier molecular flexibility index (Phi) is 7.61. The minimum atomic E-state index is -0.259. The summed E-state index contributed by atoms with van der Waals surface area (Å²) in [6.45, 7) is 6.70. The average molecular weight is 294 g/mol. The lowest BCUT2D eigenvalue weighted by atomic mass is 10.2. The monoisotopic (exact) mass is 294 g/mol. The lowest BCUT2D eigenvalue weighted by Gasteiger charge is -2.16. The molecule has 2 amide bonds. The highest BCUT2D eigenvalue weighted by atomic mass is 16.5. The number of rotatable bonds is 8. The van der Waals surface area contributed by atoms with Crippen molar-refractivity contribution in [2.45, 2.75) is 46.1 Å². The fraction of sp³-hybridized carbons (Fsp3) is 0.562. The highest BCUT2D eigenvalue weighted by Gasteiger charge is 2.10. The van der Waals surface area contributed by atoms with Crippen LogP contribution in [0, 0.1) is 6.92 Å². The predicted octanol–water partition coefficient (Wildman–Crippen LogP) is 3.07. The van der Waals surface area contributed by atoms with E-state index in [1.54, 1.807) is 0 Å². The number of aliphatic hydroxyl groups is 1. The van der Waals surface area contributed by atoms with Gasteiger partial charge in [0.1, 0.15) is 5.75 Å². The van der Waals surface area contributed by atoms with E-state index < -0.39 is 0 Å². The van der Waals surface area contributed by atoms with Crippen LogP contribution in [0.5, 0.6) is 5.75 Å². The van der Waals surface area contributed by atoms with Crippen LogP contribution in [0.2, 0.25) is 0 Å². The summed E-state index contributed by atoms with van der Waals surface area (Å²) in [4.78, 5) is 12.0. The second kappa shape index (κ2) is 9.23. The number of ether oxygens (including phenoxy) is 1. The maximum Gasteiger partial charge on any atom is 0.319 e. The highest BCUT2D eigenvalue weighted by molar-refractivity contribution is 5.91. The molecule has 0 fully saturated rings. The van der Waals surface area contributed by atoms with E-state index in [9.17, 15) is 4.79 Å². The standard InChI is InChI=1S/C16H26N2O3/c1-4-10-21-15-11-12(2)7-8-14(15)18-16(20)17-13(3)6-5-9-19/h7-8,11,13,19H,4-6,9-10H2,1-3H3,(H2,17,18,20). The van der Waals surface area contributed by atoms with Gasteiger partial charge in [0.2, 0.25) is 0 Å². The van der Waals surface area contributed by atoms with Crippen molar-refractivity contribution in [1.82, 2.24) is 5.32 Å². The summed E-state index contributed by atoms with van der Waals surface area (Å²) >= 11 is 0. The molecule has 1 unspecified atom stereocenters. The van der Waals surface area contributed by atoms with Crippen molar-refractivity contribution in [3.05, 3.63) is 23.8 Å². The Morgan fingerprint density at radius 1 is 1.43 bits per heavy atom. The maximum atomic E-state index is 12.0. The molecule has 1 rings (SSSR count). The Hall–Kier alpha value is -1.75. The second-order valence-corrected chi connectivity index (χ2v) is 5.21. The van der Waals surface area contributed by atoms with Crippen LogP contribution in [0.4, 0.5) is 10.5 Å². The predicted molar refractivity (Wildman–Crippen MR) is 84.9 cm³/mol. The molecule has 0 aliphatic carbocycles. The zero-order valence-electron chi connectivity index (χ0n) is 13.1. The first-order valence-corrected chi connectivity index (χ1v) is 7.48. The van der Waals surface area contributed by atoms with E-state index in [4.69, 9.17) is 9.84 Å². The molecule has 0 spiro atoms. The lowest BCUT2D eigenvalue weighted by Crippen LogP contribution is -2.36. The fourth-order valence-corrected chi connectivity index (χ4v) is 1.92. The molecule has 118 valence electrons. The Morgan fingerprint density at radius 3 is 2.86 bits per heavy atom. The maximum absolute atomic E-state index is 12.0. The summed E-state index contributed by atoms with van der Waals surface area (Å²) in [7, 11) is 0. The lowest BCUT2D eigenvalue weighted by molar-refractivity contribution is 0.245. The molecule has 0 saturated carbocycles. The third kappa shape index (κ3) is 6.49. The SMILES string of the molecule is CCCOc1cc(C)ccc1NC(=O)NC(C)CCCO. The number of nitrogens with one attached hydrogen (secondary N) is 2. The zero-order valence-corrected chi connectivity index (χ0v) is 13.1. The van der Waals surface area contributed by atoms with Gasteiger partial charge >= 0.3 is 6.03 Å². The van der Waals surface area contributed by atoms with E-state index in [2.05, 4.69) is 10.6 Å². The van der Waals surface area contributed by atoms with Crippen molar-refractivity contribution < 1.29 is 14.6 Å². The number of hydrogen-bond acceptors (Lipinski definition) is 3. The van der Waals surface area contributed by atoms with Crippen molar-refractivity contribution >= 4 is 11.7 Å². The van der Waals surface area contributed by atoms with Crippen molar-refractivity contribution in [2.24, 2.45) is 0 Å². The zero-order chi connectivity index (χ0) is 15.7. The van der Waals surface area contributed by atoms with Gasteiger partial charge in [0.05, 0.1) is 12.3 Å². The average Bonchev–Trinajstić information content (AvgIpc) is 2.45. The number of carbonyl (C=O) groups is 1. The van der Waals surface area contributed by atoms with Gasteiger partial charge < -0.3 is 20.5 Å². The van der Waals surface area contributed by atoms with Gasteiger partial charge in [-0.2, -0.15) is 0 Å². The van der Waals surface area contributed by atoms with Gasteiger partial charge in [-0.3, -0.25) is 0 Å². The smallest absolute Gasteiger partial charge is 0.319 e. The minimum absolute atomic E-state index is 0.0163. The third-order valence-corrected chi connectivity index (χ3v) is 3.02. The summed E-state index contributed by atoms with van der Waals surface area (Å²) in [5.74, 6) is 0.690. The van der Waals surface area contributed by atoms with Crippen LogP contribution in [-0.4, -0.2) is 30.4 Å². The van der Waals surface area contributed by atoms with Gasteiger partial charge in [0, 0.05) is 12.6 Å². The van der Waals surface area contributed by atoms with Gasteiger partial charge in [0.25, 0.3) is 0 Å². The molecule has 1 aromatic rings. The van der Waals surface area contributed by atoms with Crippen LogP contribution in [0.15, 0.2) is 18.2 Å². The molecular weight excluding hydrogens is 268 g/mol. The molecule has 1 aromatic carbocycles. The first-order valence-electron chi connectivity index (χ1n) is 7.48. The van der Waals surface area contributed by atoms with Crippen molar-refractivity contribution in [3.63, 3.8) is 0 Å². The molecule has 0 bridgehead atoms. The Balaban J connectivity index is 2.62. The summed E-state index contributed by atoms with van der Waals surface area (Å²) in [6.07, 6.45) is 2.34. The summed E-state index contributed by atoms with van der Waals surface area (Å²) in [5.41, 5.74) is 1.75. The van der Waals surface area contributed by atoms with Crippen LogP contribution in [0.1, 0.15) is 38.7 Å².